The maximum Gasteiger partial charge on any atom is 0.218 e. The predicted molar refractivity (Wildman–Crippen MR) is 121 cm³/mol. The summed E-state index contributed by atoms with van der Waals surface area (Å²) in [5.74, 6) is 0.650. The lowest BCUT2D eigenvalue weighted by Crippen LogP contribution is -2.13. The molecule has 32 heavy (non-hydrogen) atoms. The molecule has 0 radical (unpaired) electrons. The van der Waals surface area contributed by atoms with Crippen LogP contribution >= 0.6 is 22.9 Å². The summed E-state index contributed by atoms with van der Waals surface area (Å²) in [6, 6.07) is 1.67. The standard InChI is InChI=1S/C21H21ClN6O3S/c1-11(30-3)17-14(10-23-21-18(17)25-12(2)32-21)8-15(29)7-13-9-16(22)19(26-20(13)31-4)28-6-5-24-27-28/h5-6,9-11H,7-8H2,1-4H3. The molecule has 9 nitrogen and oxygen atoms in total. The van der Waals surface area contributed by atoms with Gasteiger partial charge in [-0.15, -0.1) is 5.10 Å². The number of halogens is 1. The van der Waals surface area contributed by atoms with E-state index in [1.165, 1.54) is 29.3 Å². The first-order valence-corrected chi connectivity index (χ1v) is 11.0. The Labute approximate surface area is 193 Å². The number of nitrogens with zero attached hydrogens (tertiary/aromatic N) is 6. The minimum Gasteiger partial charge on any atom is -0.481 e. The van der Waals surface area contributed by atoms with Gasteiger partial charge < -0.3 is 9.47 Å². The molecule has 4 aromatic heterocycles. The Morgan fingerprint density at radius 3 is 2.72 bits per heavy atom. The lowest BCUT2D eigenvalue weighted by atomic mass is 9.97. The smallest absolute Gasteiger partial charge is 0.218 e. The van der Waals surface area contributed by atoms with Crippen LogP contribution in [0.1, 0.15) is 34.7 Å². The van der Waals surface area contributed by atoms with Gasteiger partial charge in [-0.05, 0) is 25.5 Å². The van der Waals surface area contributed by atoms with Gasteiger partial charge in [0.25, 0.3) is 0 Å². The number of carbonyl (C=O) groups excluding carboxylic acids is 1. The largest absolute Gasteiger partial charge is 0.481 e. The highest BCUT2D eigenvalue weighted by molar-refractivity contribution is 7.18. The molecule has 0 N–H and O–H groups in total. The van der Waals surface area contributed by atoms with E-state index in [0.29, 0.717) is 22.3 Å². The number of aryl methyl sites for hydroxylation is 1. The fourth-order valence-electron chi connectivity index (χ4n) is 3.52. The molecule has 1 unspecified atom stereocenters. The first-order valence-electron chi connectivity index (χ1n) is 9.80. The monoisotopic (exact) mass is 472 g/mol. The molecular formula is C21H21ClN6O3S. The summed E-state index contributed by atoms with van der Waals surface area (Å²) in [6.45, 7) is 3.87. The van der Waals surface area contributed by atoms with Crippen LogP contribution in [-0.4, -0.2) is 49.9 Å². The van der Waals surface area contributed by atoms with E-state index in [1.807, 2.05) is 13.8 Å². The molecule has 4 aromatic rings. The van der Waals surface area contributed by atoms with Crippen LogP contribution in [0.5, 0.6) is 5.88 Å². The quantitative estimate of drug-likeness (QED) is 0.382. The van der Waals surface area contributed by atoms with Crippen molar-refractivity contribution in [2.45, 2.75) is 32.8 Å². The van der Waals surface area contributed by atoms with Gasteiger partial charge in [0.05, 0.1) is 35.6 Å². The van der Waals surface area contributed by atoms with Crippen LogP contribution in [0.3, 0.4) is 0 Å². The van der Waals surface area contributed by atoms with Crippen LogP contribution in [0.2, 0.25) is 5.02 Å². The summed E-state index contributed by atoms with van der Waals surface area (Å²) in [7, 11) is 3.13. The van der Waals surface area contributed by atoms with Gasteiger partial charge in [0.15, 0.2) is 5.82 Å². The Kier molecular flexibility index (Phi) is 6.45. The molecule has 0 saturated heterocycles. The third-order valence-electron chi connectivity index (χ3n) is 5.02. The van der Waals surface area contributed by atoms with Crippen molar-refractivity contribution >= 4 is 39.1 Å². The number of thiazole rings is 1. The minimum atomic E-state index is -0.225. The maximum absolute atomic E-state index is 13.0. The summed E-state index contributed by atoms with van der Waals surface area (Å²) in [5, 5.41) is 8.92. The Morgan fingerprint density at radius 1 is 1.25 bits per heavy atom. The minimum absolute atomic E-state index is 0.0349. The van der Waals surface area contributed by atoms with Gasteiger partial charge in [0.2, 0.25) is 5.88 Å². The first kappa shape index (κ1) is 22.3. The molecule has 0 amide bonds. The zero-order valence-corrected chi connectivity index (χ0v) is 19.6. The number of Topliss-reactive ketones (excluding diaryl/α,β-unsaturated/α-hetero) is 1. The molecule has 0 aliphatic rings. The lowest BCUT2D eigenvalue weighted by molar-refractivity contribution is -0.117. The van der Waals surface area contributed by atoms with Crippen LogP contribution in [0.15, 0.2) is 24.7 Å². The zero-order valence-electron chi connectivity index (χ0n) is 18.0. The van der Waals surface area contributed by atoms with Crippen molar-refractivity contribution in [3.63, 3.8) is 0 Å². The molecule has 4 rings (SSSR count). The normalized spacial score (nSPS) is 12.3. The highest BCUT2D eigenvalue weighted by atomic mass is 35.5. The second-order valence-corrected chi connectivity index (χ2v) is 8.75. The first-order chi connectivity index (χ1) is 15.4. The SMILES string of the molecule is COc1nc(-n2ccnn2)c(Cl)cc1CC(=O)Cc1cnc2sc(C)nc2c1C(C)OC. The molecule has 11 heteroatoms. The van der Waals surface area contributed by atoms with E-state index in [0.717, 1.165) is 26.5 Å². The van der Waals surface area contributed by atoms with Gasteiger partial charge in [-0.25, -0.2) is 14.6 Å². The van der Waals surface area contributed by atoms with E-state index in [1.54, 1.807) is 25.6 Å². The molecule has 4 heterocycles. The van der Waals surface area contributed by atoms with Crippen molar-refractivity contribution in [3.05, 3.63) is 51.4 Å². The molecule has 0 saturated carbocycles. The molecule has 166 valence electrons. The number of carbonyl (C=O) groups is 1. The molecule has 0 aromatic carbocycles. The average molecular weight is 473 g/mol. The van der Waals surface area contributed by atoms with Crippen LogP contribution < -0.4 is 4.74 Å². The van der Waals surface area contributed by atoms with Crippen LogP contribution in [0.4, 0.5) is 0 Å². The number of ketones is 1. The second-order valence-electron chi connectivity index (χ2n) is 7.16. The van der Waals surface area contributed by atoms with Crippen molar-refractivity contribution in [2.75, 3.05) is 14.2 Å². The third kappa shape index (κ3) is 4.34. The molecule has 0 aliphatic heterocycles. The number of rotatable bonds is 8. The highest BCUT2D eigenvalue weighted by Gasteiger charge is 2.21. The summed E-state index contributed by atoms with van der Waals surface area (Å²) >= 11 is 7.91. The number of hydrogen-bond donors (Lipinski definition) is 0. The van der Waals surface area contributed by atoms with E-state index >= 15 is 0 Å². The van der Waals surface area contributed by atoms with Crippen molar-refractivity contribution in [3.8, 4) is 11.7 Å². The van der Waals surface area contributed by atoms with E-state index in [9.17, 15) is 4.79 Å². The number of methoxy groups -OCH3 is 2. The Balaban J connectivity index is 1.63. The van der Waals surface area contributed by atoms with Gasteiger partial charge in [-0.1, -0.05) is 28.2 Å². The molecule has 0 aliphatic carbocycles. The molecule has 1 atom stereocenters. The van der Waals surface area contributed by atoms with E-state index in [4.69, 9.17) is 21.1 Å². The summed E-state index contributed by atoms with van der Waals surface area (Å²) in [6.07, 6.45) is 4.93. The summed E-state index contributed by atoms with van der Waals surface area (Å²) in [4.78, 5) is 27.4. The summed E-state index contributed by atoms with van der Waals surface area (Å²) in [5.41, 5.74) is 3.05. The van der Waals surface area contributed by atoms with Gasteiger partial charge >= 0.3 is 0 Å². The zero-order chi connectivity index (χ0) is 22.8. The van der Waals surface area contributed by atoms with Crippen molar-refractivity contribution in [1.82, 2.24) is 29.9 Å². The van der Waals surface area contributed by atoms with Crippen molar-refractivity contribution in [2.24, 2.45) is 0 Å². The van der Waals surface area contributed by atoms with Gasteiger partial charge in [0.1, 0.15) is 16.1 Å². The Morgan fingerprint density at radius 2 is 2.03 bits per heavy atom. The molecule has 0 spiro atoms. The van der Waals surface area contributed by atoms with Gasteiger partial charge in [-0.3, -0.25) is 4.79 Å². The average Bonchev–Trinajstić information content (AvgIpc) is 3.42. The number of ether oxygens (including phenoxy) is 2. The van der Waals surface area contributed by atoms with Crippen LogP contribution in [0.25, 0.3) is 16.2 Å². The molecular weight excluding hydrogens is 452 g/mol. The number of fused-ring (bicyclic) bond motifs is 1. The number of pyridine rings is 2. The van der Waals surface area contributed by atoms with Crippen LogP contribution in [0, 0.1) is 6.92 Å². The van der Waals surface area contributed by atoms with Gasteiger partial charge in [0, 0.05) is 37.3 Å². The van der Waals surface area contributed by atoms with Crippen molar-refractivity contribution in [1.29, 1.82) is 0 Å². The number of hydrogen-bond acceptors (Lipinski definition) is 9. The lowest BCUT2D eigenvalue weighted by Gasteiger charge is -2.15. The second kappa shape index (κ2) is 9.27. The third-order valence-corrected chi connectivity index (χ3v) is 6.18. The van der Waals surface area contributed by atoms with E-state index < -0.39 is 0 Å². The van der Waals surface area contributed by atoms with Gasteiger partial charge in [-0.2, -0.15) is 4.98 Å². The highest BCUT2D eigenvalue weighted by Crippen LogP contribution is 2.32. The maximum atomic E-state index is 13.0. The summed E-state index contributed by atoms with van der Waals surface area (Å²) < 4.78 is 12.4. The van der Waals surface area contributed by atoms with E-state index in [-0.39, 0.29) is 24.7 Å². The molecule has 0 fully saturated rings. The molecule has 0 bridgehead atoms. The predicted octanol–water partition coefficient (Wildman–Crippen LogP) is 3.70. The fourth-order valence-corrected chi connectivity index (χ4v) is 4.56. The topological polar surface area (TPSA) is 105 Å². The van der Waals surface area contributed by atoms with Crippen molar-refractivity contribution < 1.29 is 14.3 Å². The van der Waals surface area contributed by atoms with Crippen LogP contribution in [-0.2, 0) is 22.4 Å². The fraction of sp³-hybridized carbons (Fsp3) is 0.333. The van der Waals surface area contributed by atoms with E-state index in [2.05, 4.69) is 25.3 Å². The Hall–Kier alpha value is -2.95. The number of aromatic nitrogens is 6. The Bertz CT molecular complexity index is 1270.